The summed E-state index contributed by atoms with van der Waals surface area (Å²) in [5, 5.41) is 1.93. The van der Waals surface area contributed by atoms with E-state index in [-0.39, 0.29) is 0 Å². The van der Waals surface area contributed by atoms with Crippen LogP contribution in [0, 0.1) is 0 Å². The molecule has 0 aromatic carbocycles. The van der Waals surface area contributed by atoms with Crippen molar-refractivity contribution in [3.05, 3.63) is 0 Å². The molecule has 9 heteroatoms. The van der Waals surface area contributed by atoms with Crippen LogP contribution in [0.3, 0.4) is 0 Å². The third-order valence-corrected chi connectivity index (χ3v) is 12.9. The Morgan fingerprint density at radius 3 is 1.42 bits per heavy atom. The molecular formula is C10H21F3N2O2Si2. The molecule has 0 aromatic heterocycles. The predicted octanol–water partition coefficient (Wildman–Crippen LogP) is 1.64. The zero-order valence-electron chi connectivity index (χ0n) is 12.0. The molecule has 0 rings (SSSR count). The monoisotopic (exact) mass is 314 g/mol. The molecule has 19 heavy (non-hydrogen) atoms. The van der Waals surface area contributed by atoms with Gasteiger partial charge in [0, 0.05) is 0 Å². The highest BCUT2D eigenvalue weighted by atomic mass is 28.4. The standard InChI is InChI=1S/C10H21F3N2O2Si2/c1-18(2,3)10(7(14)16,19(4,5)6)15-8(17)9(11,12)13/h1-6H3,(H2,14,16)(H,15,17). The third kappa shape index (κ3) is 3.38. The molecule has 0 saturated carbocycles. The van der Waals surface area contributed by atoms with Gasteiger partial charge in [-0.05, 0) is 0 Å². The van der Waals surface area contributed by atoms with Crippen molar-refractivity contribution in [3.63, 3.8) is 0 Å². The van der Waals surface area contributed by atoms with E-state index in [1.54, 1.807) is 39.3 Å². The van der Waals surface area contributed by atoms with Crippen LogP contribution in [0.15, 0.2) is 0 Å². The van der Waals surface area contributed by atoms with Gasteiger partial charge in [-0.1, -0.05) is 39.3 Å². The van der Waals surface area contributed by atoms with Crippen LogP contribution in [0.1, 0.15) is 0 Å². The first-order valence-corrected chi connectivity index (χ1v) is 12.8. The minimum absolute atomic E-state index is 0.872. The number of rotatable bonds is 4. The fourth-order valence-electron chi connectivity index (χ4n) is 2.54. The summed E-state index contributed by atoms with van der Waals surface area (Å²) in [4.78, 5) is 21.6. The van der Waals surface area contributed by atoms with Crippen molar-refractivity contribution in [2.24, 2.45) is 5.73 Å². The molecule has 3 N–H and O–H groups in total. The number of nitrogens with two attached hydrogens (primary N) is 1. The Bertz CT molecular complexity index is 370. The van der Waals surface area contributed by atoms with E-state index in [9.17, 15) is 22.8 Å². The zero-order valence-corrected chi connectivity index (χ0v) is 14.0. The molecule has 0 radical (unpaired) electrons. The van der Waals surface area contributed by atoms with E-state index in [4.69, 9.17) is 5.73 Å². The number of nitrogens with one attached hydrogen (secondary N) is 1. The zero-order chi connectivity index (χ0) is 15.9. The Hall–Kier alpha value is -0.836. The first kappa shape index (κ1) is 18.2. The van der Waals surface area contributed by atoms with Gasteiger partial charge in [-0.3, -0.25) is 9.59 Å². The van der Waals surface area contributed by atoms with Crippen LogP contribution in [-0.2, 0) is 9.59 Å². The van der Waals surface area contributed by atoms with Gasteiger partial charge in [-0.15, -0.1) is 0 Å². The Labute approximate surface area is 112 Å². The molecule has 112 valence electrons. The maximum Gasteiger partial charge on any atom is 0.471 e. The van der Waals surface area contributed by atoms with Gasteiger partial charge >= 0.3 is 12.1 Å². The van der Waals surface area contributed by atoms with Crippen LogP contribution in [0.5, 0.6) is 0 Å². The summed E-state index contributed by atoms with van der Waals surface area (Å²) < 4.78 is 37.5. The van der Waals surface area contributed by atoms with Crippen LogP contribution in [0.2, 0.25) is 39.3 Å². The molecule has 2 amide bonds. The van der Waals surface area contributed by atoms with E-state index in [0.717, 1.165) is 0 Å². The fourth-order valence-corrected chi connectivity index (χ4v) is 14.0. The Balaban J connectivity index is 5.94. The lowest BCUT2D eigenvalue weighted by Gasteiger charge is -2.49. The highest BCUT2D eigenvalue weighted by Crippen LogP contribution is 2.32. The molecule has 0 unspecified atom stereocenters. The van der Waals surface area contributed by atoms with Crippen molar-refractivity contribution >= 4 is 28.0 Å². The van der Waals surface area contributed by atoms with Gasteiger partial charge in [-0.25, -0.2) is 0 Å². The average molecular weight is 314 g/mol. The lowest BCUT2D eigenvalue weighted by molar-refractivity contribution is -0.174. The molecule has 0 aliphatic carbocycles. The number of amides is 2. The summed E-state index contributed by atoms with van der Waals surface area (Å²) in [5.41, 5.74) is 5.38. The summed E-state index contributed by atoms with van der Waals surface area (Å²) in [7, 11) is -5.04. The van der Waals surface area contributed by atoms with Crippen LogP contribution in [-0.4, -0.2) is 38.9 Å². The molecule has 0 atom stereocenters. The van der Waals surface area contributed by atoms with Crippen molar-refractivity contribution in [2.75, 3.05) is 0 Å². The maximum atomic E-state index is 12.5. The summed E-state index contributed by atoms with van der Waals surface area (Å²) in [6, 6.07) is 0. The largest absolute Gasteiger partial charge is 0.471 e. The van der Waals surface area contributed by atoms with Crippen molar-refractivity contribution in [1.29, 1.82) is 0 Å². The second-order valence-corrected chi connectivity index (χ2v) is 17.6. The quantitative estimate of drug-likeness (QED) is 0.774. The molecule has 0 fully saturated rings. The summed E-state index contributed by atoms with van der Waals surface area (Å²) >= 11 is 0. The number of alkyl halides is 3. The van der Waals surface area contributed by atoms with E-state index < -0.39 is 38.9 Å². The van der Waals surface area contributed by atoms with Crippen molar-refractivity contribution < 1.29 is 22.8 Å². The summed E-state index contributed by atoms with van der Waals surface area (Å²) in [6.45, 7) is 10.4. The van der Waals surface area contributed by atoms with E-state index in [0.29, 0.717) is 0 Å². The first-order valence-electron chi connectivity index (χ1n) is 5.76. The molecule has 0 bridgehead atoms. The Kier molecular flexibility index (Phi) is 4.71. The van der Waals surface area contributed by atoms with Crippen molar-refractivity contribution in [2.45, 2.75) is 50.2 Å². The van der Waals surface area contributed by atoms with Crippen molar-refractivity contribution in [3.8, 4) is 0 Å². The molecule has 0 saturated heterocycles. The topological polar surface area (TPSA) is 72.2 Å². The number of halogens is 3. The lowest BCUT2D eigenvalue weighted by Crippen LogP contribution is -2.81. The number of primary amides is 1. The second-order valence-electron chi connectivity index (χ2n) is 6.57. The normalized spacial score (nSPS) is 14.2. The van der Waals surface area contributed by atoms with Gasteiger partial charge in [-0.2, -0.15) is 13.2 Å². The van der Waals surface area contributed by atoms with E-state index in [2.05, 4.69) is 0 Å². The summed E-state index contributed by atoms with van der Waals surface area (Å²) in [5.74, 6) is -2.97. The van der Waals surface area contributed by atoms with E-state index >= 15 is 0 Å². The van der Waals surface area contributed by atoms with Gasteiger partial charge in [0.2, 0.25) is 5.91 Å². The molecule has 0 aliphatic rings. The molecule has 0 heterocycles. The molecule has 0 aliphatic heterocycles. The van der Waals surface area contributed by atoms with Gasteiger partial charge in [0.05, 0.1) is 20.9 Å². The van der Waals surface area contributed by atoms with E-state index in [1.165, 1.54) is 0 Å². The Morgan fingerprint density at radius 2 is 1.26 bits per heavy atom. The van der Waals surface area contributed by atoms with Crippen molar-refractivity contribution in [1.82, 2.24) is 5.32 Å². The number of hydrogen-bond donors (Lipinski definition) is 2. The minimum Gasteiger partial charge on any atom is -0.368 e. The Morgan fingerprint density at radius 1 is 0.947 bits per heavy atom. The SMILES string of the molecule is C[Si](C)(C)C(NC(=O)C(F)(F)F)(C(N)=O)[Si](C)(C)C. The van der Waals surface area contributed by atoms with Crippen LogP contribution >= 0.6 is 0 Å². The molecular weight excluding hydrogens is 293 g/mol. The van der Waals surface area contributed by atoms with Crippen LogP contribution < -0.4 is 11.1 Å². The van der Waals surface area contributed by atoms with Crippen LogP contribution in [0.25, 0.3) is 0 Å². The first-order chi connectivity index (χ1) is 8.07. The molecule has 0 spiro atoms. The highest BCUT2D eigenvalue weighted by Gasteiger charge is 2.60. The van der Waals surface area contributed by atoms with Crippen LogP contribution in [0.4, 0.5) is 13.2 Å². The maximum absolute atomic E-state index is 12.5. The third-order valence-electron chi connectivity index (χ3n) is 3.18. The molecule has 4 nitrogen and oxygen atoms in total. The van der Waals surface area contributed by atoms with Gasteiger partial charge in [0.15, 0.2) is 0 Å². The lowest BCUT2D eigenvalue weighted by atomic mass is 10.5. The number of carbonyl (C=O) groups excluding carboxylic acids is 2. The second kappa shape index (κ2) is 4.93. The smallest absolute Gasteiger partial charge is 0.368 e. The predicted molar refractivity (Wildman–Crippen MR) is 72.8 cm³/mol. The fraction of sp³-hybridized carbons (Fsp3) is 0.800. The average Bonchev–Trinajstić information content (AvgIpc) is 2.06. The van der Waals surface area contributed by atoms with Gasteiger partial charge in [0.25, 0.3) is 0 Å². The minimum atomic E-state index is -5.03. The van der Waals surface area contributed by atoms with Gasteiger partial charge < -0.3 is 11.1 Å². The van der Waals surface area contributed by atoms with E-state index in [1.807, 2.05) is 5.32 Å². The highest BCUT2D eigenvalue weighted by molar-refractivity contribution is 7.03. The number of hydrogen-bond acceptors (Lipinski definition) is 2. The molecule has 0 aromatic rings. The number of carbonyl (C=O) groups is 2. The summed E-state index contributed by atoms with van der Waals surface area (Å²) in [6.07, 6.45) is -5.03. The van der Waals surface area contributed by atoms with Gasteiger partial charge in [0.1, 0.15) is 0 Å².